The van der Waals surface area contributed by atoms with Crippen molar-refractivity contribution >= 4 is 34.3 Å². The number of pyridine rings is 1. The summed E-state index contributed by atoms with van der Waals surface area (Å²) in [5.74, 6) is 1.36. The molecule has 25 heavy (non-hydrogen) atoms. The first-order valence-electron chi connectivity index (χ1n) is 7.39. The number of aromatic nitrogens is 1. The molecule has 0 radical (unpaired) electrons. The van der Waals surface area contributed by atoms with Gasteiger partial charge in [-0.1, -0.05) is 0 Å². The molecule has 0 saturated carbocycles. The van der Waals surface area contributed by atoms with Gasteiger partial charge in [-0.3, -0.25) is 4.79 Å². The van der Waals surface area contributed by atoms with Gasteiger partial charge in [0.25, 0.3) is 5.91 Å². The molecule has 1 amide bonds. The molecular weight excluding hydrogens is 435 g/mol. The van der Waals surface area contributed by atoms with Gasteiger partial charge in [0.05, 0.1) is 25.3 Å². The van der Waals surface area contributed by atoms with Crippen LogP contribution in [-0.4, -0.2) is 38.2 Å². The number of nitrogens with one attached hydrogen (secondary N) is 2. The fourth-order valence-corrected chi connectivity index (χ4v) is 2.80. The quantitative estimate of drug-likeness (QED) is 0.495. The summed E-state index contributed by atoms with van der Waals surface area (Å²) in [6.45, 7) is 0.825. The van der Waals surface area contributed by atoms with Crippen LogP contribution in [-0.2, 0) is 0 Å². The van der Waals surface area contributed by atoms with Crippen LogP contribution in [0, 0.1) is 14.9 Å². The van der Waals surface area contributed by atoms with E-state index in [9.17, 15) is 4.79 Å². The molecule has 1 heterocycles. The number of carbonyl (C=O) groups excluding carboxylic acids is 1. The Bertz CT molecular complexity index is 805. The Balaban J connectivity index is 1.96. The highest BCUT2D eigenvalue weighted by molar-refractivity contribution is 14.1. The maximum absolute atomic E-state index is 12.4. The monoisotopic (exact) mass is 452 g/mol. The number of nitrogens with zero attached hydrogens (tertiary/aromatic N) is 2. The first kappa shape index (κ1) is 18.8. The van der Waals surface area contributed by atoms with Gasteiger partial charge in [0.1, 0.15) is 11.9 Å². The van der Waals surface area contributed by atoms with Crippen molar-refractivity contribution in [1.29, 1.82) is 5.26 Å². The summed E-state index contributed by atoms with van der Waals surface area (Å²) in [4.78, 5) is 16.5. The predicted molar refractivity (Wildman–Crippen MR) is 102 cm³/mol. The highest BCUT2D eigenvalue weighted by Gasteiger charge is 2.15. The average molecular weight is 452 g/mol. The molecule has 0 aliphatic rings. The highest BCUT2D eigenvalue weighted by atomic mass is 127. The largest absolute Gasteiger partial charge is 0.493 e. The van der Waals surface area contributed by atoms with Gasteiger partial charge in [-0.05, 0) is 46.9 Å². The lowest BCUT2D eigenvalue weighted by Crippen LogP contribution is -2.29. The minimum atomic E-state index is -0.214. The fraction of sp³-hybridized carbons (Fsp3) is 0.235. The Morgan fingerprint density at radius 1 is 1.28 bits per heavy atom. The van der Waals surface area contributed by atoms with Crippen molar-refractivity contribution in [3.8, 4) is 17.6 Å². The van der Waals surface area contributed by atoms with E-state index < -0.39 is 0 Å². The first-order chi connectivity index (χ1) is 12.1. The number of methoxy groups -OCH3 is 2. The second kappa shape index (κ2) is 9.08. The van der Waals surface area contributed by atoms with E-state index in [1.165, 1.54) is 7.11 Å². The molecule has 7 nitrogen and oxygen atoms in total. The Hall–Kier alpha value is -2.54. The van der Waals surface area contributed by atoms with E-state index in [4.69, 9.17) is 14.7 Å². The van der Waals surface area contributed by atoms with E-state index >= 15 is 0 Å². The molecular formula is C17H17IN4O3. The minimum Gasteiger partial charge on any atom is -0.493 e. The maximum atomic E-state index is 12.4. The number of halogens is 1. The summed E-state index contributed by atoms with van der Waals surface area (Å²) in [6.07, 6.45) is 1.60. The van der Waals surface area contributed by atoms with Crippen molar-refractivity contribution in [2.45, 2.75) is 0 Å². The van der Waals surface area contributed by atoms with Gasteiger partial charge in [0, 0.05) is 22.9 Å². The minimum absolute atomic E-state index is 0.214. The van der Waals surface area contributed by atoms with Gasteiger partial charge in [-0.2, -0.15) is 5.26 Å². The molecule has 0 aliphatic heterocycles. The molecule has 2 aromatic rings. The van der Waals surface area contributed by atoms with Crippen LogP contribution in [0.4, 0.5) is 5.82 Å². The van der Waals surface area contributed by atoms with E-state index in [1.807, 2.05) is 0 Å². The van der Waals surface area contributed by atoms with Crippen molar-refractivity contribution in [2.24, 2.45) is 0 Å². The summed E-state index contributed by atoms with van der Waals surface area (Å²) < 4.78 is 11.2. The molecule has 0 aliphatic carbocycles. The van der Waals surface area contributed by atoms with E-state index in [1.54, 1.807) is 37.6 Å². The lowest BCUT2D eigenvalue weighted by molar-refractivity contribution is 0.0954. The van der Waals surface area contributed by atoms with Gasteiger partial charge in [0.2, 0.25) is 0 Å². The Morgan fingerprint density at radius 3 is 2.68 bits per heavy atom. The van der Waals surface area contributed by atoms with Gasteiger partial charge >= 0.3 is 0 Å². The molecule has 1 aromatic carbocycles. The Morgan fingerprint density at radius 2 is 2.00 bits per heavy atom. The molecule has 8 heteroatoms. The fourth-order valence-electron chi connectivity index (χ4n) is 2.12. The molecule has 1 aromatic heterocycles. The number of carbonyl (C=O) groups is 1. The van der Waals surface area contributed by atoms with Crippen LogP contribution in [0.15, 0.2) is 30.5 Å². The van der Waals surface area contributed by atoms with E-state index in [2.05, 4.69) is 44.3 Å². The van der Waals surface area contributed by atoms with E-state index in [0.717, 1.165) is 3.57 Å². The smallest absolute Gasteiger partial charge is 0.252 e. The second-order valence-corrected chi connectivity index (χ2v) is 6.04. The lowest BCUT2D eigenvalue weighted by atomic mass is 10.2. The maximum Gasteiger partial charge on any atom is 0.252 e. The third-order valence-corrected chi connectivity index (χ3v) is 4.24. The van der Waals surface area contributed by atoms with Crippen LogP contribution in [0.2, 0.25) is 0 Å². The van der Waals surface area contributed by atoms with Gasteiger partial charge in [0.15, 0.2) is 11.5 Å². The van der Waals surface area contributed by atoms with Crippen molar-refractivity contribution in [2.75, 3.05) is 32.6 Å². The molecule has 0 atom stereocenters. The topological polar surface area (TPSA) is 96.3 Å². The van der Waals surface area contributed by atoms with Crippen LogP contribution in [0.25, 0.3) is 0 Å². The third-order valence-electron chi connectivity index (χ3n) is 3.35. The van der Waals surface area contributed by atoms with Crippen LogP contribution in [0.3, 0.4) is 0 Å². The zero-order chi connectivity index (χ0) is 18.2. The van der Waals surface area contributed by atoms with Gasteiger partial charge in [-0.15, -0.1) is 0 Å². The zero-order valence-electron chi connectivity index (χ0n) is 13.8. The molecule has 2 N–H and O–H groups in total. The first-order valence-corrected chi connectivity index (χ1v) is 8.47. The average Bonchev–Trinajstić information content (AvgIpc) is 2.64. The van der Waals surface area contributed by atoms with E-state index in [-0.39, 0.29) is 5.91 Å². The lowest BCUT2D eigenvalue weighted by Gasteiger charge is -2.12. The third kappa shape index (κ3) is 4.73. The van der Waals surface area contributed by atoms with Crippen LogP contribution >= 0.6 is 22.6 Å². The normalized spacial score (nSPS) is 9.84. The van der Waals surface area contributed by atoms with Gasteiger partial charge < -0.3 is 20.1 Å². The molecule has 2 rings (SSSR count). The number of nitriles is 1. The number of benzene rings is 1. The van der Waals surface area contributed by atoms with Crippen molar-refractivity contribution in [1.82, 2.24) is 10.3 Å². The number of anilines is 1. The Kier molecular flexibility index (Phi) is 6.82. The summed E-state index contributed by atoms with van der Waals surface area (Å²) in [5.41, 5.74) is 0.970. The van der Waals surface area contributed by atoms with E-state index in [0.29, 0.717) is 41.5 Å². The standard InChI is InChI=1S/C17H17IN4O3/c1-24-14-8-12(13(18)9-15(14)25-2)17(23)22-7-6-21-16-11(10-19)4-3-5-20-16/h3-5,8-9H,6-7H2,1-2H3,(H,20,21)(H,22,23). The number of amides is 1. The molecule has 130 valence electrons. The zero-order valence-corrected chi connectivity index (χ0v) is 16.0. The highest BCUT2D eigenvalue weighted by Crippen LogP contribution is 2.31. The molecule has 0 bridgehead atoms. The number of hydrogen-bond donors (Lipinski definition) is 2. The van der Waals surface area contributed by atoms with Gasteiger partial charge in [-0.25, -0.2) is 4.98 Å². The van der Waals surface area contributed by atoms with Crippen LogP contribution in [0.5, 0.6) is 11.5 Å². The number of ether oxygens (including phenoxy) is 2. The molecule has 0 saturated heterocycles. The summed E-state index contributed by atoms with van der Waals surface area (Å²) in [6, 6.07) is 8.84. The van der Waals surface area contributed by atoms with Crippen LogP contribution < -0.4 is 20.1 Å². The molecule has 0 unspecified atom stereocenters. The van der Waals surface area contributed by atoms with Crippen molar-refractivity contribution in [3.63, 3.8) is 0 Å². The van der Waals surface area contributed by atoms with Crippen LogP contribution in [0.1, 0.15) is 15.9 Å². The summed E-state index contributed by atoms with van der Waals surface area (Å²) in [7, 11) is 3.07. The molecule has 0 spiro atoms. The molecule has 0 fully saturated rings. The SMILES string of the molecule is COc1cc(I)c(C(=O)NCCNc2ncccc2C#N)cc1OC. The van der Waals surface area contributed by atoms with Crippen molar-refractivity contribution < 1.29 is 14.3 Å². The second-order valence-electron chi connectivity index (χ2n) is 4.88. The Labute approximate surface area is 159 Å². The summed E-state index contributed by atoms with van der Waals surface area (Å²) >= 11 is 2.08. The van der Waals surface area contributed by atoms with Crippen molar-refractivity contribution in [3.05, 3.63) is 45.2 Å². The number of hydrogen-bond acceptors (Lipinski definition) is 6. The number of rotatable bonds is 7. The summed E-state index contributed by atoms with van der Waals surface area (Å²) in [5, 5.41) is 14.9. The predicted octanol–water partition coefficient (Wildman–Crippen LogP) is 2.42.